The van der Waals surface area contributed by atoms with Gasteiger partial charge in [0.2, 0.25) is 0 Å². The fourth-order valence-corrected chi connectivity index (χ4v) is 2.87. The van der Waals surface area contributed by atoms with E-state index in [2.05, 4.69) is 22.0 Å². The maximum atomic E-state index is 11.9. The first-order valence-corrected chi connectivity index (χ1v) is 8.02. The average Bonchev–Trinajstić information content (AvgIpc) is 2.55. The van der Waals surface area contributed by atoms with Gasteiger partial charge in [-0.05, 0) is 48.7 Å². The van der Waals surface area contributed by atoms with Crippen molar-refractivity contribution < 1.29 is 14.3 Å². The second kappa shape index (κ2) is 7.97. The predicted molar refractivity (Wildman–Crippen MR) is 96.0 cm³/mol. The summed E-state index contributed by atoms with van der Waals surface area (Å²) in [5.74, 6) is 0.507. The summed E-state index contributed by atoms with van der Waals surface area (Å²) in [7, 11) is 3.05. The molecule has 120 valence electrons. The van der Waals surface area contributed by atoms with E-state index in [4.69, 9.17) is 9.47 Å². The van der Waals surface area contributed by atoms with Crippen molar-refractivity contribution in [1.82, 2.24) is 0 Å². The van der Waals surface area contributed by atoms with Crippen molar-refractivity contribution >= 4 is 28.0 Å². The number of esters is 1. The van der Waals surface area contributed by atoms with Crippen molar-refractivity contribution in [2.75, 3.05) is 14.2 Å². The van der Waals surface area contributed by atoms with Gasteiger partial charge in [0.1, 0.15) is 5.75 Å². The van der Waals surface area contributed by atoms with E-state index in [0.29, 0.717) is 5.56 Å². The molecule has 0 aliphatic heterocycles. The Kier molecular flexibility index (Phi) is 5.99. The molecule has 2 aromatic carbocycles. The van der Waals surface area contributed by atoms with E-state index in [1.165, 1.54) is 7.11 Å². The number of halogens is 1. The van der Waals surface area contributed by atoms with E-state index in [0.717, 1.165) is 33.3 Å². The third-order valence-electron chi connectivity index (χ3n) is 3.44. The molecule has 23 heavy (non-hydrogen) atoms. The van der Waals surface area contributed by atoms with Gasteiger partial charge in [0.15, 0.2) is 0 Å². The molecule has 0 heterocycles. The van der Waals surface area contributed by atoms with Gasteiger partial charge in [-0.25, -0.2) is 4.79 Å². The van der Waals surface area contributed by atoms with Crippen LogP contribution in [0.3, 0.4) is 0 Å². The monoisotopic (exact) mass is 374 g/mol. The smallest absolute Gasteiger partial charge is 0.338 e. The lowest BCUT2D eigenvalue weighted by atomic mass is 10.0. The molecule has 0 amide bonds. The first-order chi connectivity index (χ1) is 11.0. The number of hydrogen-bond donors (Lipinski definition) is 0. The molecule has 0 bridgehead atoms. The van der Waals surface area contributed by atoms with Crippen LogP contribution in [-0.2, 0) is 11.2 Å². The number of aryl methyl sites for hydroxylation is 1. The van der Waals surface area contributed by atoms with Gasteiger partial charge < -0.3 is 9.47 Å². The van der Waals surface area contributed by atoms with Crippen LogP contribution >= 0.6 is 15.9 Å². The Morgan fingerprint density at radius 2 is 2.00 bits per heavy atom. The Balaban J connectivity index is 2.24. The fourth-order valence-electron chi connectivity index (χ4n) is 2.37. The molecule has 0 aliphatic carbocycles. The number of carbonyl (C=O) groups excluding carboxylic acids is 1. The fraction of sp³-hybridized carbons (Fsp3) is 0.211. The summed E-state index contributed by atoms with van der Waals surface area (Å²) in [6, 6.07) is 11.6. The summed E-state index contributed by atoms with van der Waals surface area (Å²) in [6.07, 6.45) is 4.71. The summed E-state index contributed by atoms with van der Waals surface area (Å²) in [5.41, 5.74) is 3.67. The molecule has 2 aromatic rings. The largest absolute Gasteiger partial charge is 0.497 e. The zero-order chi connectivity index (χ0) is 16.8. The van der Waals surface area contributed by atoms with E-state index >= 15 is 0 Å². The van der Waals surface area contributed by atoms with Crippen LogP contribution in [-0.4, -0.2) is 20.2 Å². The Labute approximate surface area is 145 Å². The SMILES string of the molecule is COC(=O)c1cccc(Br)c1/C=C/Cc1cc(C)cc(OC)c1. The third-order valence-corrected chi connectivity index (χ3v) is 4.13. The number of carbonyl (C=O) groups is 1. The molecule has 0 spiro atoms. The van der Waals surface area contributed by atoms with Crippen LogP contribution in [0.5, 0.6) is 5.75 Å². The molecule has 0 fully saturated rings. The standard InChI is InChI=1S/C19H19BrO3/c1-13-10-14(12-15(11-13)22-2)6-4-7-16-17(19(21)23-3)8-5-9-18(16)20/h4-5,7-12H,6H2,1-3H3/b7-4+. The zero-order valence-corrected chi connectivity index (χ0v) is 15.0. The summed E-state index contributed by atoms with van der Waals surface area (Å²) in [6.45, 7) is 2.04. The summed E-state index contributed by atoms with van der Waals surface area (Å²) >= 11 is 3.49. The molecular formula is C19H19BrO3. The van der Waals surface area contributed by atoms with Crippen LogP contribution in [0, 0.1) is 6.92 Å². The highest BCUT2D eigenvalue weighted by atomic mass is 79.9. The predicted octanol–water partition coefficient (Wildman–Crippen LogP) is 4.81. The zero-order valence-electron chi connectivity index (χ0n) is 13.4. The average molecular weight is 375 g/mol. The lowest BCUT2D eigenvalue weighted by Crippen LogP contribution is -2.03. The van der Waals surface area contributed by atoms with Crippen LogP contribution in [0.1, 0.15) is 27.0 Å². The van der Waals surface area contributed by atoms with Gasteiger partial charge in [-0.15, -0.1) is 0 Å². The number of hydrogen-bond acceptors (Lipinski definition) is 3. The highest BCUT2D eigenvalue weighted by molar-refractivity contribution is 9.10. The Morgan fingerprint density at radius 3 is 2.70 bits per heavy atom. The normalized spacial score (nSPS) is 10.8. The molecule has 2 rings (SSSR count). The van der Waals surface area contributed by atoms with Crippen molar-refractivity contribution in [3.63, 3.8) is 0 Å². The van der Waals surface area contributed by atoms with Crippen LogP contribution < -0.4 is 4.74 Å². The van der Waals surface area contributed by atoms with Gasteiger partial charge in [-0.3, -0.25) is 0 Å². The molecular weight excluding hydrogens is 356 g/mol. The maximum Gasteiger partial charge on any atom is 0.338 e. The van der Waals surface area contributed by atoms with E-state index in [9.17, 15) is 4.79 Å². The minimum Gasteiger partial charge on any atom is -0.497 e. The van der Waals surface area contributed by atoms with Gasteiger partial charge in [0, 0.05) is 10.0 Å². The lowest BCUT2D eigenvalue weighted by Gasteiger charge is -2.07. The molecule has 4 heteroatoms. The number of ether oxygens (including phenoxy) is 2. The van der Waals surface area contributed by atoms with Crippen LogP contribution in [0.2, 0.25) is 0 Å². The summed E-state index contributed by atoms with van der Waals surface area (Å²) in [4.78, 5) is 11.9. The molecule has 0 saturated heterocycles. The van der Waals surface area contributed by atoms with Crippen molar-refractivity contribution in [3.8, 4) is 5.75 Å². The van der Waals surface area contributed by atoms with Crippen LogP contribution in [0.4, 0.5) is 0 Å². The number of benzene rings is 2. The minimum atomic E-state index is -0.344. The molecule has 0 aliphatic rings. The van der Waals surface area contributed by atoms with Crippen molar-refractivity contribution in [2.45, 2.75) is 13.3 Å². The lowest BCUT2D eigenvalue weighted by molar-refractivity contribution is 0.0600. The van der Waals surface area contributed by atoms with E-state index in [1.807, 2.05) is 43.3 Å². The first kappa shape index (κ1) is 17.3. The topological polar surface area (TPSA) is 35.5 Å². The second-order valence-corrected chi connectivity index (χ2v) is 6.01. The molecule has 0 radical (unpaired) electrons. The summed E-state index contributed by atoms with van der Waals surface area (Å²) < 4.78 is 11.0. The number of rotatable bonds is 5. The van der Waals surface area contributed by atoms with Crippen LogP contribution in [0.25, 0.3) is 6.08 Å². The Hall–Kier alpha value is -2.07. The molecule has 3 nitrogen and oxygen atoms in total. The second-order valence-electron chi connectivity index (χ2n) is 5.16. The molecule has 0 saturated carbocycles. The van der Waals surface area contributed by atoms with Gasteiger partial charge in [0.25, 0.3) is 0 Å². The highest BCUT2D eigenvalue weighted by Crippen LogP contribution is 2.24. The van der Waals surface area contributed by atoms with E-state index < -0.39 is 0 Å². The quantitative estimate of drug-likeness (QED) is 0.704. The third kappa shape index (κ3) is 4.45. The summed E-state index contributed by atoms with van der Waals surface area (Å²) in [5, 5.41) is 0. The Bertz CT molecular complexity index is 735. The molecule has 0 N–H and O–H groups in total. The van der Waals surface area contributed by atoms with Gasteiger partial charge in [-0.2, -0.15) is 0 Å². The molecule has 0 unspecified atom stereocenters. The number of methoxy groups -OCH3 is 2. The molecule has 0 atom stereocenters. The van der Waals surface area contributed by atoms with E-state index in [1.54, 1.807) is 13.2 Å². The van der Waals surface area contributed by atoms with Crippen molar-refractivity contribution in [3.05, 3.63) is 69.2 Å². The van der Waals surface area contributed by atoms with Gasteiger partial charge in [-0.1, -0.05) is 40.2 Å². The van der Waals surface area contributed by atoms with Gasteiger partial charge in [0.05, 0.1) is 19.8 Å². The molecule has 0 aromatic heterocycles. The first-order valence-electron chi connectivity index (χ1n) is 7.23. The highest BCUT2D eigenvalue weighted by Gasteiger charge is 2.11. The number of allylic oxidation sites excluding steroid dienone is 1. The maximum absolute atomic E-state index is 11.9. The van der Waals surface area contributed by atoms with Crippen molar-refractivity contribution in [2.24, 2.45) is 0 Å². The Morgan fingerprint density at radius 1 is 1.22 bits per heavy atom. The van der Waals surface area contributed by atoms with Crippen molar-refractivity contribution in [1.29, 1.82) is 0 Å². The minimum absolute atomic E-state index is 0.344. The van der Waals surface area contributed by atoms with Gasteiger partial charge >= 0.3 is 5.97 Å². The van der Waals surface area contributed by atoms with Crippen LogP contribution in [0.15, 0.2) is 46.9 Å². The van der Waals surface area contributed by atoms with E-state index in [-0.39, 0.29) is 5.97 Å².